The summed E-state index contributed by atoms with van der Waals surface area (Å²) in [6, 6.07) is 1.56. The van der Waals surface area contributed by atoms with Gasteiger partial charge < -0.3 is 0 Å². The second-order valence-corrected chi connectivity index (χ2v) is 18.3. The number of hydrogen-bond acceptors (Lipinski definition) is 9. The number of nitrogens with zero attached hydrogens (tertiary/aromatic N) is 3. The molecule has 1 aliphatic heterocycles. The van der Waals surface area contributed by atoms with Gasteiger partial charge in [0.15, 0.2) is 0 Å². The first-order chi connectivity index (χ1) is 14.1. The zero-order valence-corrected chi connectivity index (χ0v) is 24.8. The summed E-state index contributed by atoms with van der Waals surface area (Å²) in [4.78, 5) is 0. The Morgan fingerprint density at radius 1 is 0.581 bits per heavy atom. The predicted octanol–water partition coefficient (Wildman–Crippen LogP) is 5.49. The Kier molecular flexibility index (Phi) is 11.3. The van der Waals surface area contributed by atoms with E-state index in [9.17, 15) is 0 Å². The van der Waals surface area contributed by atoms with E-state index in [-0.39, 0.29) is 36.3 Å². The van der Waals surface area contributed by atoms with Gasteiger partial charge in [-0.25, -0.2) is 10.2 Å². The molecule has 1 rings (SSSR count). The average Bonchev–Trinajstić information content (AvgIpc) is 2.47. The molecular formula is C19H51N9P3+. The van der Waals surface area contributed by atoms with Crippen molar-refractivity contribution in [3.63, 3.8) is 0 Å². The monoisotopic (exact) mass is 498 g/mol. The van der Waals surface area contributed by atoms with Crippen LogP contribution < -0.4 is 30.5 Å². The van der Waals surface area contributed by atoms with Gasteiger partial charge in [-0.15, -0.1) is 10.2 Å². The van der Waals surface area contributed by atoms with Gasteiger partial charge in [0.1, 0.15) is 0 Å². The van der Waals surface area contributed by atoms with Gasteiger partial charge in [0.05, 0.1) is 0 Å². The van der Waals surface area contributed by atoms with E-state index in [1.807, 2.05) is 0 Å². The summed E-state index contributed by atoms with van der Waals surface area (Å²) in [5, 5.41) is 23.1. The summed E-state index contributed by atoms with van der Waals surface area (Å²) in [5.41, 5.74) is 0. The molecule has 1 heterocycles. The van der Waals surface area contributed by atoms with Crippen molar-refractivity contribution < 1.29 is 0 Å². The summed E-state index contributed by atoms with van der Waals surface area (Å²) in [7, 11) is -4.98. The Labute approximate surface area is 193 Å². The quantitative estimate of drug-likeness (QED) is 0.198. The van der Waals surface area contributed by atoms with Crippen molar-refractivity contribution >= 4 is 22.9 Å². The van der Waals surface area contributed by atoms with E-state index in [2.05, 4.69) is 125 Å². The van der Waals surface area contributed by atoms with Crippen molar-refractivity contribution in [2.24, 2.45) is 9.03 Å². The normalized spacial score (nSPS) is 20.9. The van der Waals surface area contributed by atoms with Crippen LogP contribution in [0, 0.1) is 0 Å². The molecule has 0 amide bonds. The van der Waals surface area contributed by atoms with Crippen molar-refractivity contribution in [3.8, 4) is 0 Å². The van der Waals surface area contributed by atoms with E-state index in [0.717, 1.165) is 0 Å². The van der Waals surface area contributed by atoms with E-state index < -0.39 is 22.9 Å². The molecule has 9 nitrogen and oxygen atoms in total. The highest BCUT2D eigenvalue weighted by atomic mass is 31.3. The SMILES string of the molecule is CC(C)NP1(NC(C)C)=N[P+](NC(C)C)(NC(C)C)N(C)P(NC(C)C)(NC(C)C)=N1. The molecule has 31 heavy (non-hydrogen) atoms. The molecule has 186 valence electrons. The first-order valence-corrected chi connectivity index (χ1v) is 16.7. The van der Waals surface area contributed by atoms with Crippen LogP contribution in [0.25, 0.3) is 0 Å². The first kappa shape index (κ1) is 29.6. The van der Waals surface area contributed by atoms with Gasteiger partial charge in [-0.05, 0) is 87.6 Å². The smallest absolute Gasteiger partial charge is 0.254 e. The minimum absolute atomic E-state index is 0.246. The van der Waals surface area contributed by atoms with Crippen molar-refractivity contribution in [3.05, 3.63) is 0 Å². The van der Waals surface area contributed by atoms with Crippen LogP contribution in [0.2, 0.25) is 0 Å². The number of rotatable bonds is 12. The highest BCUT2D eigenvalue weighted by Gasteiger charge is 2.58. The minimum Gasteiger partial charge on any atom is -0.254 e. The lowest BCUT2D eigenvalue weighted by Gasteiger charge is -2.46. The molecule has 0 aromatic carbocycles. The largest absolute Gasteiger partial charge is 0.360 e. The van der Waals surface area contributed by atoms with Gasteiger partial charge in [-0.3, -0.25) is 10.2 Å². The zero-order chi connectivity index (χ0) is 24.2. The summed E-state index contributed by atoms with van der Waals surface area (Å²) < 4.78 is 13.6. The maximum absolute atomic E-state index is 5.58. The lowest BCUT2D eigenvalue weighted by Crippen LogP contribution is -2.49. The molecule has 0 saturated carbocycles. The Bertz CT molecular complexity index is 637. The van der Waals surface area contributed by atoms with Gasteiger partial charge in [0, 0.05) is 43.3 Å². The molecular weight excluding hydrogens is 447 g/mol. The Balaban J connectivity index is 4.02. The minimum atomic E-state index is -2.45. The molecule has 0 atom stereocenters. The molecule has 0 aromatic heterocycles. The van der Waals surface area contributed by atoms with Crippen LogP contribution >= 0.6 is 22.9 Å². The summed E-state index contributed by atoms with van der Waals surface area (Å²) >= 11 is 0. The van der Waals surface area contributed by atoms with Gasteiger partial charge in [0.2, 0.25) is 7.51 Å². The lowest BCUT2D eigenvalue weighted by molar-refractivity contribution is 0.609. The lowest BCUT2D eigenvalue weighted by atomic mass is 10.4. The number of nitrogens with one attached hydrogen (secondary N) is 6. The van der Waals surface area contributed by atoms with E-state index in [4.69, 9.17) is 9.03 Å². The zero-order valence-electron chi connectivity index (χ0n) is 22.1. The summed E-state index contributed by atoms with van der Waals surface area (Å²) in [5.74, 6) is 0. The molecule has 0 unspecified atom stereocenters. The topological polar surface area (TPSA) is 100 Å². The average molecular weight is 499 g/mol. The van der Waals surface area contributed by atoms with Crippen molar-refractivity contribution in [2.75, 3.05) is 7.05 Å². The standard InChI is InChI=1S/C19H51N9P3/c1-14(2)20-29(21-15(3)4)26-30(22-16(5)6,23-17(7)8)28(13)31(27-29,24-18(9)10)25-19(11)12/h14-25H,1-13H3/q+1. The molecule has 0 fully saturated rings. The molecule has 0 aliphatic carbocycles. The molecule has 0 radical (unpaired) electrons. The number of hydrogen-bond donors (Lipinski definition) is 6. The van der Waals surface area contributed by atoms with Gasteiger partial charge >= 0.3 is 7.87 Å². The van der Waals surface area contributed by atoms with Crippen LogP contribution in [0.15, 0.2) is 9.03 Å². The molecule has 1 aliphatic rings. The van der Waals surface area contributed by atoms with Crippen LogP contribution in [-0.2, 0) is 0 Å². The fourth-order valence-corrected chi connectivity index (χ4v) is 17.5. The predicted molar refractivity (Wildman–Crippen MR) is 143 cm³/mol. The fourth-order valence-electron chi connectivity index (χ4n) is 3.51. The maximum Gasteiger partial charge on any atom is 0.360 e. The Morgan fingerprint density at radius 3 is 1.23 bits per heavy atom. The highest BCUT2D eigenvalue weighted by molar-refractivity contribution is 7.88. The summed E-state index contributed by atoms with van der Waals surface area (Å²) in [6.45, 7) is 26.2. The van der Waals surface area contributed by atoms with E-state index in [1.165, 1.54) is 0 Å². The first-order valence-electron chi connectivity index (χ1n) is 11.6. The second-order valence-electron chi connectivity index (χ2n) is 10.2. The van der Waals surface area contributed by atoms with E-state index in [0.29, 0.717) is 0 Å². The van der Waals surface area contributed by atoms with Gasteiger partial charge in [-0.2, -0.15) is 4.52 Å². The molecule has 0 bridgehead atoms. The van der Waals surface area contributed by atoms with Crippen LogP contribution in [0.3, 0.4) is 0 Å². The Morgan fingerprint density at radius 2 is 0.935 bits per heavy atom. The van der Waals surface area contributed by atoms with Gasteiger partial charge in [-0.1, -0.05) is 4.44 Å². The Hall–Kier alpha value is 0.610. The van der Waals surface area contributed by atoms with Gasteiger partial charge in [0.25, 0.3) is 7.51 Å². The second kappa shape index (κ2) is 11.8. The van der Waals surface area contributed by atoms with Crippen LogP contribution in [0.5, 0.6) is 0 Å². The maximum atomic E-state index is 5.58. The highest BCUT2D eigenvalue weighted by Crippen LogP contribution is 2.78. The third kappa shape index (κ3) is 8.40. The van der Waals surface area contributed by atoms with Crippen LogP contribution in [0.1, 0.15) is 83.1 Å². The van der Waals surface area contributed by atoms with Crippen LogP contribution in [-0.4, -0.2) is 47.7 Å². The van der Waals surface area contributed by atoms with E-state index >= 15 is 0 Å². The molecule has 0 aromatic rings. The van der Waals surface area contributed by atoms with E-state index in [1.54, 1.807) is 0 Å². The fraction of sp³-hybridized carbons (Fsp3) is 1.00. The van der Waals surface area contributed by atoms with Crippen molar-refractivity contribution in [2.45, 2.75) is 119 Å². The van der Waals surface area contributed by atoms with Crippen molar-refractivity contribution in [1.29, 1.82) is 0 Å². The molecule has 12 heteroatoms. The molecule has 0 spiro atoms. The van der Waals surface area contributed by atoms with Crippen molar-refractivity contribution in [1.82, 2.24) is 35.0 Å². The molecule has 0 saturated heterocycles. The summed E-state index contributed by atoms with van der Waals surface area (Å²) in [6.07, 6.45) is 0. The van der Waals surface area contributed by atoms with Crippen LogP contribution in [0.4, 0.5) is 0 Å². The third-order valence-electron chi connectivity index (χ3n) is 3.98. The molecule has 6 N–H and O–H groups in total. The third-order valence-corrected chi connectivity index (χ3v) is 16.6.